The van der Waals surface area contributed by atoms with E-state index >= 15 is 0 Å². The van der Waals surface area contributed by atoms with Crippen molar-refractivity contribution in [3.05, 3.63) is 15.6 Å². The molecule has 1 aromatic heterocycles. The molecular formula is C13H23N3OS. The standard InChI is InChI=1S/C13H23N3OS/c1-9(13-10(2)18-11(3)15-13)14-7-12-8-16(4)5-6-17-12/h9,12,14H,5-8H2,1-4H3. The minimum atomic E-state index is 0.297. The Labute approximate surface area is 113 Å². The molecule has 18 heavy (non-hydrogen) atoms. The molecule has 2 unspecified atom stereocenters. The second kappa shape index (κ2) is 6.10. The molecule has 0 aromatic carbocycles. The summed E-state index contributed by atoms with van der Waals surface area (Å²) in [6.07, 6.45) is 0.297. The summed E-state index contributed by atoms with van der Waals surface area (Å²) in [4.78, 5) is 8.23. The zero-order valence-electron chi connectivity index (χ0n) is 11.7. The third-order valence-corrected chi connectivity index (χ3v) is 4.25. The Morgan fingerprint density at radius 3 is 2.94 bits per heavy atom. The second-order valence-electron chi connectivity index (χ2n) is 5.06. The largest absolute Gasteiger partial charge is 0.374 e. The molecule has 1 saturated heterocycles. The van der Waals surface area contributed by atoms with Gasteiger partial charge in [-0.3, -0.25) is 0 Å². The first-order valence-electron chi connectivity index (χ1n) is 6.53. The van der Waals surface area contributed by atoms with Gasteiger partial charge in [0.25, 0.3) is 0 Å². The van der Waals surface area contributed by atoms with E-state index in [4.69, 9.17) is 4.74 Å². The van der Waals surface area contributed by atoms with Gasteiger partial charge in [0.05, 0.1) is 23.4 Å². The fourth-order valence-electron chi connectivity index (χ4n) is 2.34. The molecule has 1 aromatic rings. The van der Waals surface area contributed by atoms with E-state index in [2.05, 4.69) is 43.0 Å². The van der Waals surface area contributed by atoms with Crippen molar-refractivity contribution in [2.75, 3.05) is 33.3 Å². The number of ether oxygens (including phenoxy) is 1. The zero-order valence-corrected chi connectivity index (χ0v) is 12.5. The Balaban J connectivity index is 1.84. The zero-order chi connectivity index (χ0) is 13.1. The first kappa shape index (κ1) is 13.9. The Morgan fingerprint density at radius 1 is 1.56 bits per heavy atom. The lowest BCUT2D eigenvalue weighted by atomic mass is 10.2. The van der Waals surface area contributed by atoms with Gasteiger partial charge < -0.3 is 15.0 Å². The lowest BCUT2D eigenvalue weighted by molar-refractivity contribution is -0.0191. The maximum atomic E-state index is 5.75. The van der Waals surface area contributed by atoms with Crippen LogP contribution in [0.4, 0.5) is 0 Å². The third-order valence-electron chi connectivity index (χ3n) is 3.34. The van der Waals surface area contributed by atoms with Crippen LogP contribution in [0.3, 0.4) is 0 Å². The molecule has 0 bridgehead atoms. The number of hydrogen-bond donors (Lipinski definition) is 1. The highest BCUT2D eigenvalue weighted by atomic mass is 32.1. The Morgan fingerprint density at radius 2 is 2.33 bits per heavy atom. The predicted molar refractivity (Wildman–Crippen MR) is 75.2 cm³/mol. The minimum Gasteiger partial charge on any atom is -0.374 e. The summed E-state index contributed by atoms with van der Waals surface area (Å²) in [7, 11) is 2.15. The quantitative estimate of drug-likeness (QED) is 0.903. The summed E-state index contributed by atoms with van der Waals surface area (Å²) in [5, 5.41) is 4.68. The highest BCUT2D eigenvalue weighted by Gasteiger charge is 2.19. The molecule has 4 nitrogen and oxygen atoms in total. The van der Waals surface area contributed by atoms with Crippen LogP contribution < -0.4 is 5.32 Å². The van der Waals surface area contributed by atoms with Crippen LogP contribution in [-0.4, -0.2) is 49.3 Å². The van der Waals surface area contributed by atoms with E-state index in [-0.39, 0.29) is 0 Å². The topological polar surface area (TPSA) is 37.4 Å². The lowest BCUT2D eigenvalue weighted by Crippen LogP contribution is -2.45. The molecule has 0 amide bonds. The van der Waals surface area contributed by atoms with Crippen molar-refractivity contribution < 1.29 is 4.74 Å². The summed E-state index contributed by atoms with van der Waals surface area (Å²) in [6.45, 7) is 10.2. The number of thiazole rings is 1. The van der Waals surface area contributed by atoms with Gasteiger partial charge in [-0.2, -0.15) is 0 Å². The molecule has 2 heterocycles. The predicted octanol–water partition coefficient (Wildman–Crippen LogP) is 1.74. The number of aryl methyl sites for hydroxylation is 2. The molecule has 5 heteroatoms. The Hall–Kier alpha value is -0.490. The van der Waals surface area contributed by atoms with Gasteiger partial charge in [0.2, 0.25) is 0 Å². The molecule has 0 spiro atoms. The van der Waals surface area contributed by atoms with Crippen molar-refractivity contribution in [2.45, 2.75) is 32.9 Å². The fraction of sp³-hybridized carbons (Fsp3) is 0.769. The summed E-state index contributed by atoms with van der Waals surface area (Å²) >= 11 is 1.77. The minimum absolute atomic E-state index is 0.297. The maximum Gasteiger partial charge on any atom is 0.0900 e. The molecule has 1 N–H and O–H groups in total. The van der Waals surface area contributed by atoms with Crippen LogP contribution in [0, 0.1) is 13.8 Å². The number of nitrogens with zero attached hydrogens (tertiary/aromatic N) is 2. The summed E-state index contributed by atoms with van der Waals surface area (Å²) in [6, 6.07) is 0.297. The molecule has 0 aliphatic carbocycles. The highest BCUT2D eigenvalue weighted by molar-refractivity contribution is 7.11. The smallest absolute Gasteiger partial charge is 0.0900 e. The van der Waals surface area contributed by atoms with Gasteiger partial charge in [0.15, 0.2) is 0 Å². The Kier molecular flexibility index (Phi) is 4.72. The van der Waals surface area contributed by atoms with Crippen molar-refractivity contribution in [1.29, 1.82) is 0 Å². The summed E-state index contributed by atoms with van der Waals surface area (Å²) < 4.78 is 5.75. The average Bonchev–Trinajstić information content (AvgIpc) is 2.66. The van der Waals surface area contributed by atoms with Crippen LogP contribution in [0.5, 0.6) is 0 Å². The van der Waals surface area contributed by atoms with E-state index in [1.54, 1.807) is 11.3 Å². The van der Waals surface area contributed by atoms with Crippen LogP contribution in [-0.2, 0) is 4.74 Å². The van der Waals surface area contributed by atoms with E-state index in [0.29, 0.717) is 12.1 Å². The number of rotatable bonds is 4. The maximum absolute atomic E-state index is 5.75. The summed E-state index contributed by atoms with van der Waals surface area (Å²) in [5.74, 6) is 0. The van der Waals surface area contributed by atoms with Crippen molar-refractivity contribution in [1.82, 2.24) is 15.2 Å². The number of likely N-dealkylation sites (N-methyl/N-ethyl adjacent to an activating group) is 1. The van der Waals surface area contributed by atoms with E-state index in [0.717, 1.165) is 31.2 Å². The molecule has 0 radical (unpaired) electrons. The van der Waals surface area contributed by atoms with Gasteiger partial charge in [-0.05, 0) is 27.8 Å². The van der Waals surface area contributed by atoms with E-state index < -0.39 is 0 Å². The van der Waals surface area contributed by atoms with Crippen LogP contribution in [0.25, 0.3) is 0 Å². The van der Waals surface area contributed by atoms with Crippen LogP contribution in [0.1, 0.15) is 28.5 Å². The van der Waals surface area contributed by atoms with Crippen molar-refractivity contribution >= 4 is 11.3 Å². The van der Waals surface area contributed by atoms with Gasteiger partial charge >= 0.3 is 0 Å². The van der Waals surface area contributed by atoms with Crippen LogP contribution in [0.15, 0.2) is 0 Å². The lowest BCUT2D eigenvalue weighted by Gasteiger charge is -2.30. The van der Waals surface area contributed by atoms with E-state index in [1.807, 2.05) is 0 Å². The SMILES string of the molecule is Cc1nc(C(C)NCC2CN(C)CCO2)c(C)s1. The van der Waals surface area contributed by atoms with E-state index in [9.17, 15) is 0 Å². The normalized spacial score (nSPS) is 23.2. The molecule has 1 aliphatic heterocycles. The highest BCUT2D eigenvalue weighted by Crippen LogP contribution is 2.22. The van der Waals surface area contributed by atoms with Gasteiger partial charge in [0.1, 0.15) is 0 Å². The van der Waals surface area contributed by atoms with E-state index in [1.165, 1.54) is 10.6 Å². The van der Waals surface area contributed by atoms with Crippen LogP contribution >= 0.6 is 11.3 Å². The molecule has 102 valence electrons. The first-order valence-corrected chi connectivity index (χ1v) is 7.35. The van der Waals surface area contributed by atoms with Crippen molar-refractivity contribution in [3.63, 3.8) is 0 Å². The van der Waals surface area contributed by atoms with Crippen LogP contribution in [0.2, 0.25) is 0 Å². The third kappa shape index (κ3) is 3.51. The molecule has 1 fully saturated rings. The fourth-order valence-corrected chi connectivity index (χ4v) is 3.26. The number of hydrogen-bond acceptors (Lipinski definition) is 5. The second-order valence-corrected chi connectivity index (χ2v) is 6.47. The Bertz CT molecular complexity index is 394. The molecule has 2 rings (SSSR count). The first-order chi connectivity index (χ1) is 8.56. The molecule has 2 atom stereocenters. The molecule has 0 saturated carbocycles. The average molecular weight is 269 g/mol. The number of nitrogens with one attached hydrogen (secondary N) is 1. The van der Waals surface area contributed by atoms with Gasteiger partial charge in [0, 0.05) is 30.6 Å². The monoisotopic (exact) mass is 269 g/mol. The van der Waals surface area contributed by atoms with Gasteiger partial charge in [-0.1, -0.05) is 0 Å². The number of aromatic nitrogens is 1. The van der Waals surface area contributed by atoms with Gasteiger partial charge in [-0.25, -0.2) is 4.98 Å². The van der Waals surface area contributed by atoms with Crippen molar-refractivity contribution in [3.8, 4) is 0 Å². The van der Waals surface area contributed by atoms with Gasteiger partial charge in [-0.15, -0.1) is 11.3 Å². The van der Waals surface area contributed by atoms with Crippen molar-refractivity contribution in [2.24, 2.45) is 0 Å². The molecular weight excluding hydrogens is 246 g/mol. The number of morpholine rings is 1. The molecule has 1 aliphatic rings. The summed E-state index contributed by atoms with van der Waals surface area (Å²) in [5.41, 5.74) is 1.18.